The molecule has 2 N–H and O–H groups in total. The number of nitrogens with one attached hydrogen (secondary N) is 2. The van der Waals surface area contributed by atoms with E-state index in [0.717, 1.165) is 23.0 Å². The van der Waals surface area contributed by atoms with Crippen LogP contribution >= 0.6 is 27.3 Å². The number of benzene rings is 1. The maximum atomic E-state index is 12.0. The van der Waals surface area contributed by atoms with Gasteiger partial charge in [0.25, 0.3) is 0 Å². The lowest BCUT2D eigenvalue weighted by Gasteiger charge is -2.04. The molecular formula is C15H14BrN3O2S. The average molecular weight is 380 g/mol. The van der Waals surface area contributed by atoms with Gasteiger partial charge in [-0.15, -0.1) is 11.3 Å². The third-order valence-corrected chi connectivity index (χ3v) is 4.48. The molecule has 1 aromatic heterocycles. The van der Waals surface area contributed by atoms with E-state index in [1.165, 1.54) is 11.3 Å². The van der Waals surface area contributed by atoms with Gasteiger partial charge < -0.3 is 10.6 Å². The fourth-order valence-electron chi connectivity index (χ4n) is 1.93. The van der Waals surface area contributed by atoms with Gasteiger partial charge >= 0.3 is 0 Å². The minimum Gasteiger partial charge on any atom is -0.326 e. The largest absolute Gasteiger partial charge is 0.326 e. The molecule has 1 heterocycles. The van der Waals surface area contributed by atoms with Crippen molar-refractivity contribution in [1.82, 2.24) is 4.98 Å². The second-order valence-corrected chi connectivity index (χ2v) is 6.92. The lowest BCUT2D eigenvalue weighted by atomic mass is 10.3. The van der Waals surface area contributed by atoms with Crippen molar-refractivity contribution in [3.05, 3.63) is 39.8 Å². The molecule has 22 heavy (non-hydrogen) atoms. The maximum absolute atomic E-state index is 12.0. The summed E-state index contributed by atoms with van der Waals surface area (Å²) in [6, 6.07) is 7.41. The van der Waals surface area contributed by atoms with E-state index in [4.69, 9.17) is 0 Å². The van der Waals surface area contributed by atoms with Gasteiger partial charge in [-0.1, -0.05) is 22.0 Å². The summed E-state index contributed by atoms with van der Waals surface area (Å²) in [6.07, 6.45) is 2.10. The molecule has 0 aliphatic heterocycles. The number of halogens is 1. The third kappa shape index (κ3) is 4.14. The van der Waals surface area contributed by atoms with Crippen molar-refractivity contribution in [3.8, 4) is 0 Å². The van der Waals surface area contributed by atoms with E-state index >= 15 is 0 Å². The summed E-state index contributed by atoms with van der Waals surface area (Å²) in [5, 5.41) is 7.96. The molecule has 1 aliphatic carbocycles. The van der Waals surface area contributed by atoms with Crippen LogP contribution in [0.2, 0.25) is 0 Å². The van der Waals surface area contributed by atoms with Crippen LogP contribution in [0.4, 0.5) is 10.8 Å². The highest BCUT2D eigenvalue weighted by Gasteiger charge is 2.30. The summed E-state index contributed by atoms with van der Waals surface area (Å²) < 4.78 is 0.907. The predicted molar refractivity (Wildman–Crippen MR) is 89.9 cm³/mol. The number of carbonyl (C=O) groups excluding carboxylic acids is 2. The molecule has 0 radical (unpaired) electrons. The lowest BCUT2D eigenvalue weighted by molar-refractivity contribution is -0.117. The molecule has 3 rings (SSSR count). The SMILES string of the molecule is O=C(Cc1csc(NC(=O)C2CC2)n1)Nc1cccc(Br)c1. The topological polar surface area (TPSA) is 71.1 Å². The summed E-state index contributed by atoms with van der Waals surface area (Å²) >= 11 is 4.70. The van der Waals surface area contributed by atoms with Gasteiger partial charge in [-0.25, -0.2) is 4.98 Å². The van der Waals surface area contributed by atoms with Crippen LogP contribution in [0.5, 0.6) is 0 Å². The number of thiazole rings is 1. The van der Waals surface area contributed by atoms with Crippen molar-refractivity contribution < 1.29 is 9.59 Å². The minimum absolute atomic E-state index is 0.0273. The molecule has 0 atom stereocenters. The molecule has 0 saturated heterocycles. The van der Waals surface area contributed by atoms with E-state index < -0.39 is 0 Å². The van der Waals surface area contributed by atoms with Crippen molar-refractivity contribution in [1.29, 1.82) is 0 Å². The fraction of sp³-hybridized carbons (Fsp3) is 0.267. The molecule has 2 amide bonds. The van der Waals surface area contributed by atoms with Crippen molar-refractivity contribution in [2.45, 2.75) is 19.3 Å². The van der Waals surface area contributed by atoms with Crippen LogP contribution in [-0.4, -0.2) is 16.8 Å². The highest BCUT2D eigenvalue weighted by atomic mass is 79.9. The van der Waals surface area contributed by atoms with Gasteiger partial charge in [-0.3, -0.25) is 9.59 Å². The summed E-state index contributed by atoms with van der Waals surface area (Å²) in [5.41, 5.74) is 1.39. The van der Waals surface area contributed by atoms with E-state index in [9.17, 15) is 9.59 Å². The Morgan fingerprint density at radius 2 is 2.14 bits per heavy atom. The Kier molecular flexibility index (Phi) is 4.54. The quantitative estimate of drug-likeness (QED) is 0.835. The van der Waals surface area contributed by atoms with Crippen LogP contribution in [-0.2, 0) is 16.0 Å². The fourth-order valence-corrected chi connectivity index (χ4v) is 3.05. The molecule has 0 bridgehead atoms. The first-order chi connectivity index (χ1) is 10.6. The molecule has 1 aliphatic rings. The number of hydrogen-bond acceptors (Lipinski definition) is 4. The zero-order valence-corrected chi connectivity index (χ0v) is 14.0. The third-order valence-electron chi connectivity index (χ3n) is 3.18. The average Bonchev–Trinajstić information content (AvgIpc) is 3.22. The van der Waals surface area contributed by atoms with Crippen molar-refractivity contribution >= 4 is 49.9 Å². The van der Waals surface area contributed by atoms with Crippen LogP contribution in [0, 0.1) is 5.92 Å². The Balaban J connectivity index is 1.55. The second-order valence-electron chi connectivity index (χ2n) is 5.14. The van der Waals surface area contributed by atoms with Gasteiger partial charge in [0.2, 0.25) is 11.8 Å². The highest BCUT2D eigenvalue weighted by molar-refractivity contribution is 9.10. The molecule has 0 unspecified atom stereocenters. The first kappa shape index (κ1) is 15.2. The molecule has 5 nitrogen and oxygen atoms in total. The van der Waals surface area contributed by atoms with Gasteiger partial charge in [0.05, 0.1) is 12.1 Å². The molecule has 1 aromatic carbocycles. The van der Waals surface area contributed by atoms with Gasteiger partial charge in [0.15, 0.2) is 5.13 Å². The summed E-state index contributed by atoms with van der Waals surface area (Å²) in [5.74, 6) is 0.0372. The Morgan fingerprint density at radius 3 is 2.86 bits per heavy atom. The monoisotopic (exact) mass is 379 g/mol. The highest BCUT2D eigenvalue weighted by Crippen LogP contribution is 2.30. The number of aromatic nitrogens is 1. The van der Waals surface area contributed by atoms with Crippen molar-refractivity contribution in [2.75, 3.05) is 10.6 Å². The Morgan fingerprint density at radius 1 is 1.32 bits per heavy atom. The van der Waals surface area contributed by atoms with E-state index in [-0.39, 0.29) is 24.2 Å². The van der Waals surface area contributed by atoms with Crippen LogP contribution in [0.3, 0.4) is 0 Å². The number of nitrogens with zero attached hydrogens (tertiary/aromatic N) is 1. The Bertz CT molecular complexity index is 712. The van der Waals surface area contributed by atoms with Crippen molar-refractivity contribution in [2.24, 2.45) is 5.92 Å². The molecule has 7 heteroatoms. The standard InChI is InChI=1S/C15H14BrN3O2S/c16-10-2-1-3-11(6-10)17-13(20)7-12-8-22-15(18-12)19-14(21)9-4-5-9/h1-3,6,8-9H,4-5,7H2,(H,17,20)(H,18,19,21). The van der Waals surface area contributed by atoms with Crippen LogP contribution in [0.25, 0.3) is 0 Å². The number of rotatable bonds is 5. The molecule has 2 aromatic rings. The summed E-state index contributed by atoms with van der Waals surface area (Å²) in [7, 11) is 0. The number of carbonyl (C=O) groups is 2. The molecular weight excluding hydrogens is 366 g/mol. The zero-order chi connectivity index (χ0) is 15.5. The predicted octanol–water partition coefficient (Wildman–Crippen LogP) is 3.44. The molecule has 1 saturated carbocycles. The van der Waals surface area contributed by atoms with Gasteiger partial charge in [0.1, 0.15) is 0 Å². The Labute approximate surface area is 140 Å². The van der Waals surface area contributed by atoms with E-state index in [0.29, 0.717) is 10.8 Å². The lowest BCUT2D eigenvalue weighted by Crippen LogP contribution is -2.15. The van der Waals surface area contributed by atoms with Crippen LogP contribution in [0.1, 0.15) is 18.5 Å². The zero-order valence-electron chi connectivity index (χ0n) is 11.6. The molecule has 0 spiro atoms. The number of amides is 2. The van der Waals surface area contributed by atoms with Crippen molar-refractivity contribution in [3.63, 3.8) is 0 Å². The molecule has 1 fully saturated rings. The van der Waals surface area contributed by atoms with Crippen LogP contribution < -0.4 is 10.6 Å². The van der Waals surface area contributed by atoms with E-state index in [1.54, 1.807) is 5.38 Å². The Hall–Kier alpha value is -1.73. The number of hydrogen-bond donors (Lipinski definition) is 2. The van der Waals surface area contributed by atoms with Crippen LogP contribution in [0.15, 0.2) is 34.1 Å². The smallest absolute Gasteiger partial charge is 0.230 e. The van der Waals surface area contributed by atoms with Gasteiger partial charge in [-0.2, -0.15) is 0 Å². The normalized spacial score (nSPS) is 13.7. The summed E-state index contributed by atoms with van der Waals surface area (Å²) in [6.45, 7) is 0. The van der Waals surface area contributed by atoms with E-state index in [1.807, 2.05) is 24.3 Å². The minimum atomic E-state index is -0.136. The first-order valence-electron chi connectivity index (χ1n) is 6.91. The summed E-state index contributed by atoms with van der Waals surface area (Å²) in [4.78, 5) is 27.9. The van der Waals surface area contributed by atoms with E-state index in [2.05, 4.69) is 31.5 Å². The van der Waals surface area contributed by atoms with Gasteiger partial charge in [0, 0.05) is 21.5 Å². The number of anilines is 2. The maximum Gasteiger partial charge on any atom is 0.230 e. The first-order valence-corrected chi connectivity index (χ1v) is 8.58. The second kappa shape index (κ2) is 6.58. The van der Waals surface area contributed by atoms with Gasteiger partial charge in [-0.05, 0) is 31.0 Å². The molecule has 114 valence electrons.